The second-order valence-electron chi connectivity index (χ2n) is 0.396. The normalized spacial score (nSPS) is 10.0. The second kappa shape index (κ2) is 2.92. The van der Waals surface area contributed by atoms with Crippen molar-refractivity contribution in [3.8, 4) is 0 Å². The van der Waals surface area contributed by atoms with Gasteiger partial charge in [-0.2, -0.15) is 0 Å². The van der Waals surface area contributed by atoms with Gasteiger partial charge in [0.05, 0.1) is 0 Å². The zero-order valence-corrected chi connectivity index (χ0v) is 5.09. The van der Waals surface area contributed by atoms with E-state index in [1.54, 1.807) is 0 Å². The molecule has 0 fully saturated rings. The molecule has 6 heteroatoms. The molecule has 0 aliphatic carbocycles. The Hall–Kier alpha value is 0.839. The van der Waals surface area contributed by atoms with Gasteiger partial charge in [-0.15, -0.1) is 0 Å². The predicted molar refractivity (Wildman–Crippen MR) is 2.22 cm³/mol. The van der Waals surface area contributed by atoms with Gasteiger partial charge in [0.25, 0.3) is 14.1 Å². The van der Waals surface area contributed by atoms with E-state index in [4.69, 9.17) is 16.8 Å². The van der Waals surface area contributed by atoms with Gasteiger partial charge in [-0.05, 0) is 0 Å². The van der Waals surface area contributed by atoms with Gasteiger partial charge >= 0.3 is 0 Å². The van der Waals surface area contributed by atoms with Crippen LogP contribution in [-0.2, 0) is 17.1 Å². The summed E-state index contributed by atoms with van der Waals surface area (Å²) < 4.78 is 33.1. The zero-order valence-electron chi connectivity index (χ0n) is 2.40. The maximum atomic E-state index is 8.69. The fourth-order valence-electron chi connectivity index (χ4n) is 0. The van der Waals surface area contributed by atoms with E-state index in [1.165, 1.54) is 0 Å². The molecule has 0 aromatic heterocycles. The van der Waals surface area contributed by atoms with E-state index in [0.717, 1.165) is 0 Å². The van der Waals surface area contributed by atoms with Crippen molar-refractivity contribution >= 4 is 0 Å². The Kier molecular flexibility index (Phi) is 4.85. The smallest absolute Gasteiger partial charge is 0.228 e. The summed E-state index contributed by atoms with van der Waals surface area (Å²) in [7, 11) is 0. The minimum Gasteiger partial charge on any atom is -0.228 e. The first-order chi connectivity index (χ1) is 2.00. The Morgan fingerprint density at radius 1 is 1.17 bits per heavy atom. The van der Waals surface area contributed by atoms with Crippen molar-refractivity contribution in [2.45, 2.75) is 0 Å². The van der Waals surface area contributed by atoms with Crippen LogP contribution >= 0.6 is 0 Å². The SMILES string of the molecule is [Fe].[O-][Br+3]([O-])([O-])O. The molecular formula is HBrFeO4. The molecule has 0 bridgehead atoms. The molecule has 0 rings (SSSR count). The molecule has 1 N–H and O–H groups in total. The molecule has 0 amide bonds. The van der Waals surface area contributed by atoms with E-state index >= 15 is 0 Å². The third-order valence-electron chi connectivity index (χ3n) is 0. The number of hydrogen-bond acceptors (Lipinski definition) is 4. The molecule has 0 radical (unpaired) electrons. The summed E-state index contributed by atoms with van der Waals surface area (Å²) in [5.41, 5.74) is 0. The largest absolute Gasteiger partial charge is 0.265 e. The van der Waals surface area contributed by atoms with Crippen LogP contribution in [0.1, 0.15) is 0 Å². The van der Waals surface area contributed by atoms with Crippen molar-refractivity contribution < 1.29 is 48.0 Å². The van der Waals surface area contributed by atoms with E-state index in [1.807, 2.05) is 0 Å². The molecule has 0 heterocycles. The summed E-state index contributed by atoms with van der Waals surface area (Å²) in [5, 5.41) is 0. The second-order valence-corrected chi connectivity index (χ2v) is 2.06. The van der Waals surface area contributed by atoms with Crippen molar-refractivity contribution in [1.82, 2.24) is 0 Å². The quantitative estimate of drug-likeness (QED) is 0.403. The molecule has 4 nitrogen and oxygen atoms in total. The fourth-order valence-corrected chi connectivity index (χ4v) is 0. The average molecular weight is 201 g/mol. The summed E-state index contributed by atoms with van der Waals surface area (Å²) in [6.45, 7) is 0. The standard InChI is InChI=1S/BrHO4.Fe/c2-1(3,4)5;/h2H;. The van der Waals surface area contributed by atoms with Gasteiger partial charge < -0.3 is 0 Å². The van der Waals surface area contributed by atoms with Crippen molar-refractivity contribution in [3.63, 3.8) is 0 Å². The minimum absolute atomic E-state index is 0. The van der Waals surface area contributed by atoms with Gasteiger partial charge in [0.2, 0.25) is 0 Å². The van der Waals surface area contributed by atoms with Crippen LogP contribution in [0.5, 0.6) is 0 Å². The molecule has 40 valence electrons. The maximum Gasteiger partial charge on any atom is 0.265 e. The Balaban J connectivity index is 0. The van der Waals surface area contributed by atoms with Crippen LogP contribution in [0.15, 0.2) is 0 Å². The number of halogens is 1. The van der Waals surface area contributed by atoms with Crippen LogP contribution in [0.4, 0.5) is 0 Å². The first kappa shape index (κ1) is 9.96. The van der Waals surface area contributed by atoms with Crippen LogP contribution < -0.4 is 12.6 Å². The molecule has 0 atom stereocenters. The summed E-state index contributed by atoms with van der Waals surface area (Å²) in [5.74, 6) is 0. The van der Waals surface area contributed by atoms with Crippen molar-refractivity contribution in [3.05, 3.63) is 0 Å². The summed E-state index contributed by atoms with van der Waals surface area (Å²) in [6, 6.07) is 0. The maximum absolute atomic E-state index is 8.69. The monoisotopic (exact) mass is 200 g/mol. The number of hydrogen-bond donors (Lipinski definition) is 1. The Morgan fingerprint density at radius 2 is 1.17 bits per heavy atom. The van der Waals surface area contributed by atoms with Gasteiger partial charge in [0.15, 0.2) is 0 Å². The fraction of sp³-hybridized carbons (Fsp3) is 0. The van der Waals surface area contributed by atoms with Crippen molar-refractivity contribution in [1.29, 1.82) is 0 Å². The van der Waals surface area contributed by atoms with Gasteiger partial charge in [0.1, 0.15) is 0 Å². The molecule has 0 saturated heterocycles. The molecule has 6 heavy (non-hydrogen) atoms. The molecule has 0 aliphatic heterocycles. The predicted octanol–water partition coefficient (Wildman–Crippen LogP) is -4.13. The van der Waals surface area contributed by atoms with E-state index in [2.05, 4.69) is 0 Å². The molecule has 0 aliphatic rings. The van der Waals surface area contributed by atoms with Crippen LogP contribution in [0, 0.1) is 14.1 Å². The molecular weight excluding hydrogens is 200 g/mol. The topological polar surface area (TPSA) is 89.4 Å². The first-order valence-corrected chi connectivity index (χ1v) is 3.28. The Labute approximate surface area is 48.4 Å². The first-order valence-electron chi connectivity index (χ1n) is 0.632. The third-order valence-corrected chi connectivity index (χ3v) is 0. The van der Waals surface area contributed by atoms with Gasteiger partial charge in [-0.1, -0.05) is 0 Å². The van der Waals surface area contributed by atoms with E-state index in [0.29, 0.717) is 0 Å². The van der Waals surface area contributed by atoms with Crippen molar-refractivity contribution in [2.24, 2.45) is 0 Å². The number of rotatable bonds is 0. The Bertz CT molecular complexity index is 23.0. The van der Waals surface area contributed by atoms with E-state index in [-0.39, 0.29) is 17.1 Å². The average Bonchev–Trinajstić information content (AvgIpc) is 0.722. The Morgan fingerprint density at radius 3 is 1.17 bits per heavy atom. The van der Waals surface area contributed by atoms with Crippen LogP contribution in [0.25, 0.3) is 0 Å². The summed E-state index contributed by atoms with van der Waals surface area (Å²) >= 11 is -5.38. The van der Waals surface area contributed by atoms with Crippen molar-refractivity contribution in [2.75, 3.05) is 0 Å². The zero-order chi connectivity index (χ0) is 4.50. The summed E-state index contributed by atoms with van der Waals surface area (Å²) in [6.07, 6.45) is 0. The van der Waals surface area contributed by atoms with Gasteiger partial charge in [-0.25, -0.2) is 12.6 Å². The van der Waals surface area contributed by atoms with Gasteiger partial charge in [0, 0.05) is 21.3 Å². The van der Waals surface area contributed by atoms with Crippen LogP contribution in [0.2, 0.25) is 0 Å². The van der Waals surface area contributed by atoms with E-state index < -0.39 is 14.1 Å². The molecule has 0 aromatic carbocycles. The minimum atomic E-state index is -5.38. The third kappa shape index (κ3) is 101. The molecule has 0 unspecified atom stereocenters. The molecule has 0 saturated carbocycles. The van der Waals surface area contributed by atoms with Gasteiger partial charge in [-0.3, -0.25) is 0 Å². The summed E-state index contributed by atoms with van der Waals surface area (Å²) in [4.78, 5) is 0. The van der Waals surface area contributed by atoms with Crippen LogP contribution in [0.3, 0.4) is 0 Å². The van der Waals surface area contributed by atoms with Crippen LogP contribution in [-0.4, -0.2) is 4.20 Å². The molecule has 0 aromatic rings. The molecule has 0 spiro atoms. The van der Waals surface area contributed by atoms with E-state index in [9.17, 15) is 0 Å².